The Hall–Kier alpha value is -4.26. The second-order valence-electron chi connectivity index (χ2n) is 10.5. The highest BCUT2D eigenvalue weighted by molar-refractivity contribution is 5.96. The van der Waals surface area contributed by atoms with Gasteiger partial charge in [-0.3, -0.25) is 14.6 Å². The first-order valence-corrected chi connectivity index (χ1v) is 14.1. The molecule has 10 nitrogen and oxygen atoms in total. The van der Waals surface area contributed by atoms with Crippen molar-refractivity contribution in [3.63, 3.8) is 0 Å². The minimum absolute atomic E-state index is 0.0765. The minimum Gasteiger partial charge on any atom is -0.463 e. The number of piperazine rings is 1. The van der Waals surface area contributed by atoms with Gasteiger partial charge in [-0.25, -0.2) is 9.59 Å². The van der Waals surface area contributed by atoms with E-state index in [1.54, 1.807) is 36.9 Å². The van der Waals surface area contributed by atoms with E-state index in [9.17, 15) is 27.6 Å². The van der Waals surface area contributed by atoms with Gasteiger partial charge in [-0.15, -0.1) is 0 Å². The van der Waals surface area contributed by atoms with Gasteiger partial charge in [0.2, 0.25) is 6.79 Å². The number of amides is 3. The zero-order valence-corrected chi connectivity index (χ0v) is 24.1. The van der Waals surface area contributed by atoms with E-state index in [-0.39, 0.29) is 44.0 Å². The third-order valence-electron chi connectivity index (χ3n) is 7.79. The van der Waals surface area contributed by atoms with Gasteiger partial charge >= 0.3 is 18.2 Å². The first-order valence-electron chi connectivity index (χ1n) is 14.1. The number of ether oxygens (including phenoxy) is 3. The number of alkyl halides is 3. The molecule has 3 amide bonds. The van der Waals surface area contributed by atoms with Gasteiger partial charge in [0.05, 0.1) is 23.8 Å². The van der Waals surface area contributed by atoms with Crippen LogP contribution in [0.4, 0.5) is 18.0 Å². The van der Waals surface area contributed by atoms with E-state index in [1.807, 2.05) is 11.8 Å². The van der Waals surface area contributed by atoms with E-state index in [2.05, 4.69) is 5.32 Å². The van der Waals surface area contributed by atoms with E-state index >= 15 is 0 Å². The van der Waals surface area contributed by atoms with Gasteiger partial charge in [0, 0.05) is 50.0 Å². The SMILES string of the molecule is CCOC(=O)C1=C(CN2CCN(C(=O)c3ccc4c(c3)OCO4)[C@H](C)C2)N(CC)C(=O)N[C@@H]1c1ccc(C(F)(F)F)cc1. The summed E-state index contributed by atoms with van der Waals surface area (Å²) in [5.41, 5.74) is 0.548. The molecule has 230 valence electrons. The van der Waals surface area contributed by atoms with Crippen LogP contribution in [0.5, 0.6) is 11.5 Å². The monoisotopic (exact) mass is 602 g/mol. The molecular weight excluding hydrogens is 569 g/mol. The van der Waals surface area contributed by atoms with Gasteiger partial charge in [0.15, 0.2) is 11.5 Å². The number of esters is 1. The second-order valence-corrected chi connectivity index (χ2v) is 10.5. The number of fused-ring (bicyclic) bond motifs is 1. The van der Waals surface area contributed by atoms with Crippen LogP contribution in [0.3, 0.4) is 0 Å². The Bertz CT molecular complexity index is 1430. The third kappa shape index (κ3) is 6.12. The van der Waals surface area contributed by atoms with E-state index in [0.29, 0.717) is 48.0 Å². The van der Waals surface area contributed by atoms with Crippen LogP contribution in [0.25, 0.3) is 0 Å². The maximum absolute atomic E-state index is 13.4. The second kappa shape index (κ2) is 12.2. The molecule has 1 fully saturated rings. The Balaban J connectivity index is 1.40. The first kappa shape index (κ1) is 30.2. The van der Waals surface area contributed by atoms with Crippen molar-refractivity contribution in [3.05, 3.63) is 70.4 Å². The van der Waals surface area contributed by atoms with Crippen molar-refractivity contribution in [1.82, 2.24) is 20.0 Å². The van der Waals surface area contributed by atoms with Crippen LogP contribution >= 0.6 is 0 Å². The van der Waals surface area contributed by atoms with Gasteiger partial charge in [-0.2, -0.15) is 13.2 Å². The predicted octanol–water partition coefficient (Wildman–Crippen LogP) is 4.18. The Labute approximate surface area is 247 Å². The molecule has 0 radical (unpaired) electrons. The molecule has 0 aliphatic carbocycles. The van der Waals surface area contributed by atoms with Crippen LogP contribution < -0.4 is 14.8 Å². The number of nitrogens with one attached hydrogen (secondary N) is 1. The van der Waals surface area contributed by atoms with Crippen molar-refractivity contribution in [2.45, 2.75) is 39.0 Å². The average Bonchev–Trinajstić information content (AvgIpc) is 3.45. The Morgan fingerprint density at radius 1 is 1.05 bits per heavy atom. The first-order chi connectivity index (χ1) is 20.5. The molecule has 0 saturated carbocycles. The fourth-order valence-electron chi connectivity index (χ4n) is 5.66. The normalized spacial score (nSPS) is 20.7. The van der Waals surface area contributed by atoms with Gasteiger partial charge in [0.25, 0.3) is 5.91 Å². The highest BCUT2D eigenvalue weighted by atomic mass is 19.4. The topological polar surface area (TPSA) is 101 Å². The Kier molecular flexibility index (Phi) is 8.54. The lowest BCUT2D eigenvalue weighted by atomic mass is 9.93. The predicted molar refractivity (Wildman–Crippen MR) is 148 cm³/mol. The van der Waals surface area contributed by atoms with Crippen LogP contribution in [0.2, 0.25) is 0 Å². The standard InChI is InChI=1S/C30H33F3N4O6/c1-4-36-22(16-35-12-13-37(18(3)15-35)27(38)20-8-11-23-24(14-20)43-17-42-23)25(28(39)41-5-2)26(34-29(36)40)19-6-9-21(10-7-19)30(31,32)33/h6-11,14,18,26H,4-5,12-13,15-17H2,1-3H3,(H,34,40)/t18-,26-/m1/s1. The van der Waals surface area contributed by atoms with E-state index in [0.717, 1.165) is 12.1 Å². The number of halogens is 3. The number of benzene rings is 2. The maximum Gasteiger partial charge on any atom is 0.416 e. The molecule has 2 aromatic carbocycles. The van der Waals surface area contributed by atoms with E-state index in [4.69, 9.17) is 14.2 Å². The lowest BCUT2D eigenvalue weighted by Gasteiger charge is -2.43. The molecule has 3 aliphatic heterocycles. The summed E-state index contributed by atoms with van der Waals surface area (Å²) in [7, 11) is 0. The molecule has 3 aliphatic rings. The maximum atomic E-state index is 13.4. The quantitative estimate of drug-likeness (QED) is 0.475. The van der Waals surface area contributed by atoms with Crippen molar-refractivity contribution in [2.24, 2.45) is 0 Å². The van der Waals surface area contributed by atoms with Crippen molar-refractivity contribution in [1.29, 1.82) is 0 Å². The minimum atomic E-state index is -4.53. The Morgan fingerprint density at radius 2 is 1.77 bits per heavy atom. The van der Waals surface area contributed by atoms with E-state index in [1.165, 1.54) is 17.0 Å². The number of likely N-dealkylation sites (N-methyl/N-ethyl adjacent to an activating group) is 1. The molecule has 2 atom stereocenters. The van der Waals surface area contributed by atoms with Crippen molar-refractivity contribution >= 4 is 17.9 Å². The van der Waals surface area contributed by atoms with Gasteiger partial charge < -0.3 is 24.4 Å². The van der Waals surface area contributed by atoms with Gasteiger partial charge in [0.1, 0.15) is 0 Å². The summed E-state index contributed by atoms with van der Waals surface area (Å²) in [6.45, 7) is 7.30. The lowest BCUT2D eigenvalue weighted by Crippen LogP contribution is -2.56. The number of carbonyl (C=O) groups excluding carboxylic acids is 3. The summed E-state index contributed by atoms with van der Waals surface area (Å²) in [6, 6.07) is 7.77. The molecule has 0 aromatic heterocycles. The van der Waals surface area contributed by atoms with Crippen molar-refractivity contribution in [3.8, 4) is 11.5 Å². The molecule has 0 unspecified atom stereocenters. The van der Waals surface area contributed by atoms with Crippen molar-refractivity contribution in [2.75, 3.05) is 46.1 Å². The number of urea groups is 1. The fraction of sp³-hybridized carbons (Fsp3) is 0.433. The molecule has 0 bridgehead atoms. The molecule has 43 heavy (non-hydrogen) atoms. The van der Waals surface area contributed by atoms with Crippen LogP contribution in [-0.2, 0) is 15.7 Å². The van der Waals surface area contributed by atoms with Crippen molar-refractivity contribution < 1.29 is 41.8 Å². The zero-order valence-electron chi connectivity index (χ0n) is 24.1. The number of hydrogen-bond donors (Lipinski definition) is 1. The summed E-state index contributed by atoms with van der Waals surface area (Å²) in [5, 5.41) is 2.77. The number of nitrogens with zero attached hydrogens (tertiary/aromatic N) is 3. The number of carbonyl (C=O) groups is 3. The smallest absolute Gasteiger partial charge is 0.416 e. The third-order valence-corrected chi connectivity index (χ3v) is 7.79. The molecule has 13 heteroatoms. The van der Waals surface area contributed by atoms with Crippen LogP contribution in [-0.4, -0.2) is 84.8 Å². The Morgan fingerprint density at radius 3 is 2.42 bits per heavy atom. The molecule has 0 spiro atoms. The molecule has 5 rings (SSSR count). The molecule has 1 saturated heterocycles. The molecular formula is C30H33F3N4O6. The molecule has 3 heterocycles. The lowest BCUT2D eigenvalue weighted by molar-refractivity contribution is -0.139. The summed E-state index contributed by atoms with van der Waals surface area (Å²) < 4.78 is 55.7. The highest BCUT2D eigenvalue weighted by Gasteiger charge is 2.40. The van der Waals surface area contributed by atoms with Crippen LogP contribution in [0.1, 0.15) is 48.3 Å². The summed E-state index contributed by atoms with van der Waals surface area (Å²) in [6.07, 6.45) is -4.53. The summed E-state index contributed by atoms with van der Waals surface area (Å²) >= 11 is 0. The fourth-order valence-corrected chi connectivity index (χ4v) is 5.66. The van der Waals surface area contributed by atoms with Crippen LogP contribution in [0.15, 0.2) is 53.7 Å². The van der Waals surface area contributed by atoms with E-state index < -0.39 is 29.8 Å². The summed E-state index contributed by atoms with van der Waals surface area (Å²) in [4.78, 5) is 45.2. The molecule has 1 N–H and O–H groups in total. The largest absolute Gasteiger partial charge is 0.463 e. The number of hydrogen-bond acceptors (Lipinski definition) is 7. The van der Waals surface area contributed by atoms with Gasteiger partial charge in [-0.1, -0.05) is 12.1 Å². The van der Waals surface area contributed by atoms with Gasteiger partial charge in [-0.05, 0) is 56.7 Å². The van der Waals surface area contributed by atoms with Crippen LogP contribution in [0, 0.1) is 0 Å². The summed E-state index contributed by atoms with van der Waals surface area (Å²) in [5.74, 6) is 0.303. The number of rotatable bonds is 7. The molecule has 2 aromatic rings. The average molecular weight is 603 g/mol. The zero-order chi connectivity index (χ0) is 30.9. The highest BCUT2D eigenvalue weighted by Crippen LogP contribution is 2.36.